The Bertz CT molecular complexity index is 2760. The quantitative estimate of drug-likeness (QED) is 0.162. The Kier molecular flexibility index (Phi) is 7.32. The largest absolute Gasteiger partial charge is 0.465 e. The molecule has 3 aromatic heterocycles. The normalized spacial score (nSPS) is 11.4. The van der Waals surface area contributed by atoms with E-state index >= 15 is 0 Å². The highest BCUT2D eigenvalue weighted by atomic mass is 16.5. The van der Waals surface area contributed by atoms with Crippen molar-refractivity contribution in [1.82, 2.24) is 24.1 Å². The second-order valence-electron chi connectivity index (χ2n) is 12.3. The lowest BCUT2D eigenvalue weighted by atomic mass is 10.1. The predicted octanol–water partition coefficient (Wildman–Crippen LogP) is 8.97. The Morgan fingerprint density at radius 2 is 0.904 bits per heavy atom. The molecule has 0 aliphatic rings. The molecule has 0 atom stereocenters. The van der Waals surface area contributed by atoms with Crippen molar-refractivity contribution in [3.63, 3.8) is 0 Å². The summed E-state index contributed by atoms with van der Waals surface area (Å²) in [5.41, 5.74) is 7.22. The number of carbonyl (C=O) groups is 2. The van der Waals surface area contributed by atoms with E-state index in [0.29, 0.717) is 39.9 Å². The maximum Gasteiger partial charge on any atom is 0.337 e. The van der Waals surface area contributed by atoms with Gasteiger partial charge in [-0.2, -0.15) is 9.97 Å². The summed E-state index contributed by atoms with van der Waals surface area (Å²) in [4.78, 5) is 39.7. The molecule has 0 amide bonds. The van der Waals surface area contributed by atoms with Crippen molar-refractivity contribution in [2.45, 2.75) is 0 Å². The van der Waals surface area contributed by atoms with E-state index in [4.69, 9.17) is 24.4 Å². The third kappa shape index (κ3) is 4.90. The van der Waals surface area contributed by atoms with Crippen molar-refractivity contribution in [3.05, 3.63) is 151 Å². The van der Waals surface area contributed by atoms with Gasteiger partial charge in [-0.05, 0) is 48.5 Å². The van der Waals surface area contributed by atoms with E-state index in [-0.39, 0.29) is 0 Å². The highest BCUT2D eigenvalue weighted by Crippen LogP contribution is 2.41. The number of rotatable bonds is 6. The van der Waals surface area contributed by atoms with Gasteiger partial charge in [-0.1, -0.05) is 91.0 Å². The number of methoxy groups -OCH3 is 2. The molecule has 0 aliphatic heterocycles. The Balaban J connectivity index is 1.38. The van der Waals surface area contributed by atoms with Gasteiger partial charge in [-0.15, -0.1) is 0 Å². The fraction of sp³-hybridized carbons (Fsp3) is 0.0465. The van der Waals surface area contributed by atoms with Gasteiger partial charge < -0.3 is 14.0 Å². The van der Waals surface area contributed by atoms with E-state index in [9.17, 15) is 9.59 Å². The van der Waals surface area contributed by atoms with Gasteiger partial charge >= 0.3 is 11.9 Å². The summed E-state index contributed by atoms with van der Waals surface area (Å²) < 4.78 is 14.3. The highest BCUT2D eigenvalue weighted by Gasteiger charge is 2.23. The number of hydrogen-bond acceptors (Lipinski definition) is 7. The molecule has 9 rings (SSSR count). The minimum atomic E-state index is -0.433. The fourth-order valence-electron chi connectivity index (χ4n) is 7.02. The average molecular weight is 680 g/mol. The van der Waals surface area contributed by atoms with Crippen LogP contribution in [-0.4, -0.2) is 50.2 Å². The number of ether oxygens (including phenoxy) is 2. The SMILES string of the molecule is COC(=O)c1ccc(-c2nc(-c3ccc(C(=O)OC)cc3)nc(-n3c4ccccc4c4ccc5c6ccccc6n(-c6ccccc6)c5c43)n2)cc1. The van der Waals surface area contributed by atoms with Crippen molar-refractivity contribution < 1.29 is 19.1 Å². The molecule has 0 saturated carbocycles. The Hall–Kier alpha value is -7.13. The first-order valence-corrected chi connectivity index (χ1v) is 16.7. The van der Waals surface area contributed by atoms with E-state index < -0.39 is 11.9 Å². The summed E-state index contributed by atoms with van der Waals surface area (Å²) in [6.07, 6.45) is 0. The average Bonchev–Trinajstić information content (AvgIpc) is 3.74. The van der Waals surface area contributed by atoms with Crippen LogP contribution in [-0.2, 0) is 9.47 Å². The maximum absolute atomic E-state index is 12.3. The van der Waals surface area contributed by atoms with Gasteiger partial charge in [0.2, 0.25) is 5.95 Å². The van der Waals surface area contributed by atoms with Gasteiger partial charge in [0.25, 0.3) is 0 Å². The predicted molar refractivity (Wildman–Crippen MR) is 202 cm³/mol. The van der Waals surface area contributed by atoms with Gasteiger partial charge in [0, 0.05) is 38.4 Å². The summed E-state index contributed by atoms with van der Waals surface area (Å²) >= 11 is 0. The molecule has 0 spiro atoms. The first kappa shape index (κ1) is 30.9. The molecule has 52 heavy (non-hydrogen) atoms. The van der Waals surface area contributed by atoms with Crippen LogP contribution < -0.4 is 0 Å². The molecule has 0 N–H and O–H groups in total. The standard InChI is InChI=1S/C43H29N5O4/c1-51-41(49)28-20-16-26(17-21-28)39-44-40(27-18-22-29(23-19-27)42(50)52-2)46-43(45-39)48-36-15-9-7-13-32(36)34-25-24-33-31-12-6-8-14-35(31)47(37(33)38(34)48)30-10-4-3-5-11-30/h3-25H,1-2H3. The molecule has 6 aromatic carbocycles. The number of aromatic nitrogens is 5. The molecule has 0 saturated heterocycles. The van der Waals surface area contributed by atoms with Crippen LogP contribution in [0.25, 0.3) is 78.0 Å². The van der Waals surface area contributed by atoms with Gasteiger partial charge in [0.1, 0.15) is 0 Å². The summed E-state index contributed by atoms with van der Waals surface area (Å²) in [6.45, 7) is 0. The van der Waals surface area contributed by atoms with Crippen LogP contribution in [0.1, 0.15) is 20.7 Å². The first-order chi connectivity index (χ1) is 25.5. The second-order valence-corrected chi connectivity index (χ2v) is 12.3. The van der Waals surface area contributed by atoms with Crippen molar-refractivity contribution in [1.29, 1.82) is 0 Å². The zero-order valence-corrected chi connectivity index (χ0v) is 28.1. The van der Waals surface area contributed by atoms with Crippen molar-refractivity contribution in [2.75, 3.05) is 14.2 Å². The number of benzene rings is 6. The molecule has 9 nitrogen and oxygen atoms in total. The van der Waals surface area contributed by atoms with Gasteiger partial charge in [-0.25, -0.2) is 14.6 Å². The molecular weight excluding hydrogens is 651 g/mol. The van der Waals surface area contributed by atoms with Gasteiger partial charge in [0.15, 0.2) is 11.6 Å². The van der Waals surface area contributed by atoms with Crippen LogP contribution in [0.5, 0.6) is 0 Å². The minimum absolute atomic E-state index is 0.412. The summed E-state index contributed by atoms with van der Waals surface area (Å²) in [5, 5.41) is 4.34. The number of para-hydroxylation sites is 3. The van der Waals surface area contributed by atoms with Crippen LogP contribution >= 0.6 is 0 Å². The molecule has 0 unspecified atom stereocenters. The van der Waals surface area contributed by atoms with Crippen LogP contribution in [0.15, 0.2) is 140 Å². The number of fused-ring (bicyclic) bond motifs is 7. The van der Waals surface area contributed by atoms with E-state index in [1.54, 1.807) is 48.5 Å². The molecule has 0 aliphatic carbocycles. The monoisotopic (exact) mass is 679 g/mol. The molecule has 3 heterocycles. The lowest BCUT2D eigenvalue weighted by Crippen LogP contribution is -2.08. The molecule has 250 valence electrons. The first-order valence-electron chi connectivity index (χ1n) is 16.7. The molecule has 9 heteroatoms. The van der Waals surface area contributed by atoms with Crippen LogP contribution in [0.4, 0.5) is 0 Å². The van der Waals surface area contributed by atoms with Crippen LogP contribution in [0, 0.1) is 0 Å². The number of nitrogens with zero attached hydrogens (tertiary/aromatic N) is 5. The molecule has 9 aromatic rings. The smallest absolute Gasteiger partial charge is 0.337 e. The summed E-state index contributed by atoms with van der Waals surface area (Å²) in [7, 11) is 2.71. The molecule has 0 fully saturated rings. The third-order valence-corrected chi connectivity index (χ3v) is 9.44. The molecular formula is C43H29N5O4. The second kappa shape index (κ2) is 12.3. The van der Waals surface area contributed by atoms with Crippen LogP contribution in [0.2, 0.25) is 0 Å². The Labute approximate surface area is 297 Å². The van der Waals surface area contributed by atoms with Gasteiger partial charge in [-0.3, -0.25) is 4.57 Å². The van der Waals surface area contributed by atoms with Crippen molar-refractivity contribution >= 4 is 55.6 Å². The summed E-state index contributed by atoms with van der Waals surface area (Å²) in [6, 6.07) is 45.4. The van der Waals surface area contributed by atoms with Gasteiger partial charge in [0.05, 0.1) is 47.4 Å². The van der Waals surface area contributed by atoms with E-state index in [1.807, 2.05) is 30.3 Å². The Morgan fingerprint density at radius 1 is 0.462 bits per heavy atom. The van der Waals surface area contributed by atoms with Crippen LogP contribution in [0.3, 0.4) is 0 Å². The Morgan fingerprint density at radius 3 is 1.40 bits per heavy atom. The fourth-order valence-corrected chi connectivity index (χ4v) is 7.02. The minimum Gasteiger partial charge on any atom is -0.465 e. The lowest BCUT2D eigenvalue weighted by Gasteiger charge is -2.13. The van der Waals surface area contributed by atoms with Crippen molar-refractivity contribution in [2.24, 2.45) is 0 Å². The number of esters is 2. The highest BCUT2D eigenvalue weighted by molar-refractivity contribution is 6.23. The van der Waals surface area contributed by atoms with E-state index in [2.05, 4.69) is 69.8 Å². The number of hydrogen-bond donors (Lipinski definition) is 0. The van der Waals surface area contributed by atoms with E-state index in [0.717, 1.165) is 49.3 Å². The third-order valence-electron chi connectivity index (χ3n) is 9.44. The molecule has 0 radical (unpaired) electrons. The molecule has 0 bridgehead atoms. The van der Waals surface area contributed by atoms with Crippen molar-refractivity contribution in [3.8, 4) is 34.4 Å². The zero-order chi connectivity index (χ0) is 35.3. The maximum atomic E-state index is 12.3. The topological polar surface area (TPSA) is 101 Å². The number of carbonyl (C=O) groups excluding carboxylic acids is 2. The van der Waals surface area contributed by atoms with E-state index in [1.165, 1.54) is 14.2 Å². The lowest BCUT2D eigenvalue weighted by molar-refractivity contribution is 0.0592. The summed E-state index contributed by atoms with van der Waals surface area (Å²) in [5.74, 6) is 0.373. The zero-order valence-electron chi connectivity index (χ0n) is 28.1.